The summed E-state index contributed by atoms with van der Waals surface area (Å²) in [6.45, 7) is 6.50. The lowest BCUT2D eigenvalue weighted by Gasteiger charge is -2.28. The second-order valence-electron chi connectivity index (χ2n) is 5.60. The lowest BCUT2D eigenvalue weighted by atomic mass is 9.84. The van der Waals surface area contributed by atoms with Crippen LogP contribution in [0.4, 0.5) is 0 Å². The number of benzene rings is 1. The van der Waals surface area contributed by atoms with Crippen molar-refractivity contribution in [3.8, 4) is 0 Å². The van der Waals surface area contributed by atoms with Crippen molar-refractivity contribution in [2.75, 3.05) is 0 Å². The molecule has 1 aromatic carbocycles. The van der Waals surface area contributed by atoms with Crippen LogP contribution >= 0.6 is 0 Å². The molecule has 0 radical (unpaired) electrons. The summed E-state index contributed by atoms with van der Waals surface area (Å²) in [6, 6.07) is 12.9. The third-order valence-corrected chi connectivity index (χ3v) is 4.18. The molecule has 2 N–H and O–H groups in total. The van der Waals surface area contributed by atoms with Gasteiger partial charge in [-0.05, 0) is 31.4 Å². The van der Waals surface area contributed by atoms with Crippen LogP contribution in [0.1, 0.15) is 50.9 Å². The van der Waals surface area contributed by atoms with Crippen molar-refractivity contribution >= 4 is 0 Å². The van der Waals surface area contributed by atoms with Gasteiger partial charge in [0, 0.05) is 24.2 Å². The molecule has 2 aromatic rings. The summed E-state index contributed by atoms with van der Waals surface area (Å²) in [7, 11) is 0. The normalized spacial score (nSPS) is 15.8. The first-order valence-corrected chi connectivity index (χ1v) is 7.47. The first kappa shape index (κ1) is 14.8. The van der Waals surface area contributed by atoms with Gasteiger partial charge < -0.3 is 5.73 Å². The van der Waals surface area contributed by atoms with Gasteiger partial charge in [0.05, 0.1) is 5.69 Å². The van der Waals surface area contributed by atoms with Crippen molar-refractivity contribution in [1.82, 2.24) is 9.78 Å². The third-order valence-electron chi connectivity index (χ3n) is 4.18. The zero-order valence-electron chi connectivity index (χ0n) is 12.7. The van der Waals surface area contributed by atoms with Crippen LogP contribution < -0.4 is 5.73 Å². The Balaban J connectivity index is 2.20. The number of nitrogens with zero attached hydrogens (tertiary/aromatic N) is 2. The van der Waals surface area contributed by atoms with E-state index in [1.807, 2.05) is 22.9 Å². The van der Waals surface area contributed by atoms with E-state index in [1.54, 1.807) is 0 Å². The van der Waals surface area contributed by atoms with Gasteiger partial charge in [0.25, 0.3) is 0 Å². The molecule has 0 fully saturated rings. The number of nitrogens with two attached hydrogens (primary N) is 1. The highest BCUT2D eigenvalue weighted by molar-refractivity contribution is 5.26. The van der Waals surface area contributed by atoms with Crippen LogP contribution in [0.15, 0.2) is 42.6 Å². The molecule has 0 amide bonds. The Hall–Kier alpha value is -1.61. The highest BCUT2D eigenvalue weighted by Gasteiger charge is 2.26. The Labute approximate surface area is 121 Å². The Morgan fingerprint density at radius 2 is 1.90 bits per heavy atom. The quantitative estimate of drug-likeness (QED) is 0.871. The standard InChI is InChI=1S/C17H25N3/c1-4-14(3)20-12-11-16(19-20)13-17(18,5-2)15-9-7-6-8-10-15/h6-12,14H,4-5,13,18H2,1-3H3. The van der Waals surface area contributed by atoms with Gasteiger partial charge in [0.1, 0.15) is 0 Å². The molecule has 108 valence electrons. The largest absolute Gasteiger partial charge is 0.321 e. The average molecular weight is 271 g/mol. The molecule has 20 heavy (non-hydrogen) atoms. The third kappa shape index (κ3) is 3.10. The van der Waals surface area contributed by atoms with Crippen LogP contribution in [0.5, 0.6) is 0 Å². The van der Waals surface area contributed by atoms with Crippen LogP contribution in [0.3, 0.4) is 0 Å². The summed E-state index contributed by atoms with van der Waals surface area (Å²) in [5, 5.41) is 4.68. The zero-order chi connectivity index (χ0) is 14.6. The molecule has 0 aliphatic heterocycles. The molecule has 0 saturated carbocycles. The van der Waals surface area contributed by atoms with E-state index in [4.69, 9.17) is 5.73 Å². The lowest BCUT2D eigenvalue weighted by molar-refractivity contribution is 0.411. The van der Waals surface area contributed by atoms with Gasteiger partial charge in [-0.25, -0.2) is 0 Å². The molecule has 0 spiro atoms. The molecule has 3 heteroatoms. The smallest absolute Gasteiger partial charge is 0.0646 e. The second-order valence-corrected chi connectivity index (χ2v) is 5.60. The molecule has 0 saturated heterocycles. The number of aromatic nitrogens is 2. The summed E-state index contributed by atoms with van der Waals surface area (Å²) in [5.74, 6) is 0. The number of hydrogen-bond acceptors (Lipinski definition) is 2. The molecule has 0 aliphatic carbocycles. The summed E-state index contributed by atoms with van der Waals surface area (Å²) < 4.78 is 2.04. The van der Waals surface area contributed by atoms with Crippen LogP contribution in [0.2, 0.25) is 0 Å². The average Bonchev–Trinajstić information content (AvgIpc) is 2.95. The van der Waals surface area contributed by atoms with Crippen LogP contribution in [-0.2, 0) is 12.0 Å². The Morgan fingerprint density at radius 1 is 1.20 bits per heavy atom. The first-order chi connectivity index (χ1) is 9.59. The van der Waals surface area contributed by atoms with Crippen LogP contribution in [-0.4, -0.2) is 9.78 Å². The van der Waals surface area contributed by atoms with Gasteiger partial charge in [0.15, 0.2) is 0 Å². The lowest BCUT2D eigenvalue weighted by Crippen LogP contribution is -2.38. The fourth-order valence-electron chi connectivity index (χ4n) is 2.43. The van der Waals surface area contributed by atoms with Gasteiger partial charge in [0.2, 0.25) is 0 Å². The summed E-state index contributed by atoms with van der Waals surface area (Å²) >= 11 is 0. The van der Waals surface area contributed by atoms with Crippen LogP contribution in [0, 0.1) is 0 Å². The summed E-state index contributed by atoms with van der Waals surface area (Å²) in [6.07, 6.45) is 4.82. The van der Waals surface area contributed by atoms with E-state index in [0.29, 0.717) is 6.04 Å². The fraction of sp³-hybridized carbons (Fsp3) is 0.471. The van der Waals surface area contributed by atoms with E-state index in [2.05, 4.69) is 50.3 Å². The van der Waals surface area contributed by atoms with Gasteiger partial charge in [-0.2, -0.15) is 5.10 Å². The zero-order valence-corrected chi connectivity index (χ0v) is 12.7. The SMILES string of the molecule is CCC(C)n1ccc(CC(N)(CC)c2ccccc2)n1. The van der Waals surface area contributed by atoms with E-state index in [1.165, 1.54) is 5.56 Å². The summed E-state index contributed by atoms with van der Waals surface area (Å²) in [5.41, 5.74) is 8.53. The highest BCUT2D eigenvalue weighted by atomic mass is 15.3. The maximum absolute atomic E-state index is 6.62. The second kappa shape index (κ2) is 6.23. The van der Waals surface area contributed by atoms with Gasteiger partial charge >= 0.3 is 0 Å². The van der Waals surface area contributed by atoms with Crippen molar-refractivity contribution in [3.05, 3.63) is 53.9 Å². The molecule has 2 unspecified atom stereocenters. The molecule has 2 atom stereocenters. The molecule has 0 aliphatic rings. The molecular formula is C17H25N3. The summed E-state index contributed by atoms with van der Waals surface area (Å²) in [4.78, 5) is 0. The van der Waals surface area contributed by atoms with Gasteiger partial charge in [-0.15, -0.1) is 0 Å². The molecule has 1 heterocycles. The van der Waals surface area contributed by atoms with Crippen molar-refractivity contribution in [1.29, 1.82) is 0 Å². The first-order valence-electron chi connectivity index (χ1n) is 7.47. The Kier molecular flexibility index (Phi) is 4.61. The minimum Gasteiger partial charge on any atom is -0.321 e. The predicted molar refractivity (Wildman–Crippen MR) is 83.5 cm³/mol. The monoisotopic (exact) mass is 271 g/mol. The van der Waals surface area contributed by atoms with Gasteiger partial charge in [-0.1, -0.05) is 44.2 Å². The van der Waals surface area contributed by atoms with Crippen LogP contribution in [0.25, 0.3) is 0 Å². The number of hydrogen-bond donors (Lipinski definition) is 1. The van der Waals surface area contributed by atoms with Gasteiger partial charge in [-0.3, -0.25) is 4.68 Å². The van der Waals surface area contributed by atoms with E-state index < -0.39 is 0 Å². The van der Waals surface area contributed by atoms with E-state index in [0.717, 1.165) is 25.0 Å². The minimum absolute atomic E-state index is 0.337. The van der Waals surface area contributed by atoms with E-state index in [-0.39, 0.29) is 5.54 Å². The van der Waals surface area contributed by atoms with Crippen molar-refractivity contribution in [3.63, 3.8) is 0 Å². The molecule has 0 bridgehead atoms. The fourth-order valence-corrected chi connectivity index (χ4v) is 2.43. The maximum Gasteiger partial charge on any atom is 0.0646 e. The Bertz CT molecular complexity index is 532. The minimum atomic E-state index is -0.337. The predicted octanol–water partition coefficient (Wildman–Crippen LogP) is 3.66. The number of rotatable bonds is 6. The molecule has 3 nitrogen and oxygen atoms in total. The Morgan fingerprint density at radius 3 is 2.50 bits per heavy atom. The van der Waals surface area contributed by atoms with Crippen molar-refractivity contribution in [2.45, 2.75) is 51.6 Å². The van der Waals surface area contributed by atoms with E-state index in [9.17, 15) is 0 Å². The van der Waals surface area contributed by atoms with Crippen molar-refractivity contribution in [2.24, 2.45) is 5.73 Å². The molecule has 1 aromatic heterocycles. The highest BCUT2D eigenvalue weighted by Crippen LogP contribution is 2.26. The molecular weight excluding hydrogens is 246 g/mol. The maximum atomic E-state index is 6.62. The topological polar surface area (TPSA) is 43.8 Å². The van der Waals surface area contributed by atoms with E-state index >= 15 is 0 Å². The molecule has 2 rings (SSSR count). The van der Waals surface area contributed by atoms with Crippen molar-refractivity contribution < 1.29 is 0 Å².